The van der Waals surface area contributed by atoms with E-state index in [1.807, 2.05) is 24.3 Å². The van der Waals surface area contributed by atoms with Crippen molar-refractivity contribution >= 4 is 50.7 Å². The van der Waals surface area contributed by atoms with E-state index in [0.29, 0.717) is 46.0 Å². The number of aromatic nitrogens is 2. The molecule has 1 N–H and O–H groups in total. The first kappa shape index (κ1) is 25.5. The Morgan fingerprint density at radius 3 is 2.41 bits per heavy atom. The van der Waals surface area contributed by atoms with Crippen LogP contribution in [0.25, 0.3) is 21.5 Å². The Bertz CT molecular complexity index is 1550. The first-order chi connectivity index (χ1) is 18.9. The van der Waals surface area contributed by atoms with Gasteiger partial charge in [-0.25, -0.2) is 9.78 Å². The van der Waals surface area contributed by atoms with E-state index in [-0.39, 0.29) is 10.8 Å². The maximum absolute atomic E-state index is 11.7. The van der Waals surface area contributed by atoms with Crippen LogP contribution < -0.4 is 0 Å². The largest absolute Gasteiger partial charge is 0.478 e. The molecule has 0 spiro atoms. The lowest BCUT2D eigenvalue weighted by molar-refractivity contribution is -0.0433. The molecule has 2 aromatic heterocycles. The summed E-state index contributed by atoms with van der Waals surface area (Å²) in [6.07, 6.45) is 8.61. The zero-order valence-corrected chi connectivity index (χ0v) is 23.7. The highest BCUT2D eigenvalue weighted by atomic mass is 35.5. The van der Waals surface area contributed by atoms with E-state index in [1.54, 1.807) is 23.5 Å². The average Bonchev–Trinajstić information content (AvgIpc) is 3.54. The summed E-state index contributed by atoms with van der Waals surface area (Å²) in [4.78, 5) is 16.7. The van der Waals surface area contributed by atoms with Crippen LogP contribution in [0.15, 0.2) is 40.9 Å². The van der Waals surface area contributed by atoms with E-state index in [1.165, 1.54) is 0 Å². The molecule has 0 amide bonds. The Labute approximate surface area is 240 Å². The van der Waals surface area contributed by atoms with Crippen molar-refractivity contribution in [1.82, 2.24) is 10.1 Å². The first-order valence-corrected chi connectivity index (χ1v) is 15.1. The SMILES string of the molecule is O=C(O)c1cccc2nc(C34CCC(COCc5c(-c6c(Cl)cccc6Cl)noc5C5CC5)(CC3)CC4)sc12. The van der Waals surface area contributed by atoms with Gasteiger partial charge in [0.1, 0.15) is 16.5 Å². The number of nitrogens with zero attached hydrogens (tertiary/aromatic N) is 2. The average molecular weight is 584 g/mol. The molecule has 2 heterocycles. The molecule has 4 aromatic rings. The summed E-state index contributed by atoms with van der Waals surface area (Å²) >= 11 is 14.6. The predicted octanol–water partition coefficient (Wildman–Crippen LogP) is 8.64. The van der Waals surface area contributed by atoms with Crippen molar-refractivity contribution < 1.29 is 19.2 Å². The molecule has 0 unspecified atom stereocenters. The van der Waals surface area contributed by atoms with Crippen molar-refractivity contribution in [3.8, 4) is 11.3 Å². The molecule has 39 heavy (non-hydrogen) atoms. The lowest BCUT2D eigenvalue weighted by atomic mass is 9.54. The summed E-state index contributed by atoms with van der Waals surface area (Å²) < 4.78 is 13.1. The Balaban J connectivity index is 1.07. The van der Waals surface area contributed by atoms with E-state index in [9.17, 15) is 9.90 Å². The molecule has 4 aliphatic carbocycles. The topological polar surface area (TPSA) is 85.5 Å². The highest BCUT2D eigenvalue weighted by molar-refractivity contribution is 7.19. The highest BCUT2D eigenvalue weighted by Crippen LogP contribution is 2.59. The van der Waals surface area contributed by atoms with Crippen molar-refractivity contribution in [2.24, 2.45) is 5.41 Å². The second-order valence-corrected chi connectivity index (χ2v) is 13.3. The Kier molecular flexibility index (Phi) is 6.27. The molecule has 2 bridgehead atoms. The highest BCUT2D eigenvalue weighted by Gasteiger charge is 2.51. The molecule has 0 saturated heterocycles. The van der Waals surface area contributed by atoms with Crippen molar-refractivity contribution in [3.05, 3.63) is 68.3 Å². The van der Waals surface area contributed by atoms with Crippen molar-refractivity contribution in [3.63, 3.8) is 0 Å². The van der Waals surface area contributed by atoms with Gasteiger partial charge in [-0.2, -0.15) is 0 Å². The number of carboxylic acids is 1. The van der Waals surface area contributed by atoms with E-state index in [2.05, 4.69) is 5.16 Å². The van der Waals surface area contributed by atoms with Gasteiger partial charge < -0.3 is 14.4 Å². The fraction of sp³-hybridized carbons (Fsp3) is 0.433. The predicted molar refractivity (Wildman–Crippen MR) is 152 cm³/mol. The van der Waals surface area contributed by atoms with Crippen LogP contribution in [0.1, 0.15) is 84.0 Å². The third-order valence-corrected chi connectivity index (χ3v) is 11.1. The Morgan fingerprint density at radius 1 is 1.05 bits per heavy atom. The third kappa shape index (κ3) is 4.38. The molecule has 6 nitrogen and oxygen atoms in total. The van der Waals surface area contributed by atoms with Gasteiger partial charge in [-0.1, -0.05) is 40.5 Å². The van der Waals surface area contributed by atoms with E-state index in [0.717, 1.165) is 77.9 Å². The van der Waals surface area contributed by atoms with Gasteiger partial charge in [0, 0.05) is 22.5 Å². The van der Waals surface area contributed by atoms with E-state index < -0.39 is 5.97 Å². The number of aromatic carboxylic acids is 1. The smallest absolute Gasteiger partial charge is 0.337 e. The number of halogens is 2. The number of rotatable bonds is 8. The number of ether oxygens (including phenoxy) is 1. The standard InChI is InChI=1S/C30H28Cl2N2O4S/c31-20-4-2-5-21(32)23(20)24-19(25(38-34-24)17-7-8-17)15-37-16-29-9-12-30(13-10-29,14-11-29)28-33-22-6-1-3-18(27(35)36)26(22)39-28/h1-6,17H,7-16H2,(H,35,36). The number of hydrogen-bond donors (Lipinski definition) is 1. The number of carbonyl (C=O) groups is 1. The summed E-state index contributed by atoms with van der Waals surface area (Å²) in [6, 6.07) is 10.9. The van der Waals surface area contributed by atoms with Gasteiger partial charge in [0.05, 0.1) is 39.0 Å². The molecule has 8 rings (SSSR count). The molecule has 4 aliphatic rings. The summed E-state index contributed by atoms with van der Waals surface area (Å²) in [5.74, 6) is 0.403. The van der Waals surface area contributed by atoms with Crippen LogP contribution in [0.3, 0.4) is 0 Å². The minimum atomic E-state index is -0.894. The van der Waals surface area contributed by atoms with Gasteiger partial charge in [0.15, 0.2) is 0 Å². The number of hydrogen-bond acceptors (Lipinski definition) is 6. The molecule has 0 aliphatic heterocycles. The summed E-state index contributed by atoms with van der Waals surface area (Å²) in [7, 11) is 0. The Morgan fingerprint density at radius 2 is 1.74 bits per heavy atom. The van der Waals surface area contributed by atoms with Crippen LogP contribution >= 0.6 is 34.5 Å². The second kappa shape index (κ2) is 9.58. The van der Waals surface area contributed by atoms with Gasteiger partial charge in [-0.3, -0.25) is 0 Å². The zero-order valence-electron chi connectivity index (χ0n) is 21.3. The van der Waals surface area contributed by atoms with E-state index >= 15 is 0 Å². The quantitative estimate of drug-likeness (QED) is 0.224. The van der Waals surface area contributed by atoms with E-state index in [4.69, 9.17) is 37.4 Å². The molecule has 202 valence electrons. The molecule has 0 atom stereocenters. The maximum Gasteiger partial charge on any atom is 0.337 e. The summed E-state index contributed by atoms with van der Waals surface area (Å²) in [6.45, 7) is 1.12. The van der Waals surface area contributed by atoms with Crippen LogP contribution in [0.5, 0.6) is 0 Å². The number of carboxylic acid groups (broad SMARTS) is 1. The van der Waals surface area contributed by atoms with Crippen molar-refractivity contribution in [2.45, 2.75) is 69.3 Å². The summed E-state index contributed by atoms with van der Waals surface area (Å²) in [5.41, 5.74) is 3.70. The normalized spacial score (nSPS) is 24.5. The lowest BCUT2D eigenvalue weighted by Gasteiger charge is -2.52. The molecular formula is C30H28Cl2N2O4S. The molecular weight excluding hydrogens is 555 g/mol. The minimum Gasteiger partial charge on any atom is -0.478 e. The maximum atomic E-state index is 11.7. The van der Waals surface area contributed by atoms with Crippen molar-refractivity contribution in [1.29, 1.82) is 0 Å². The van der Waals surface area contributed by atoms with Crippen LogP contribution in [-0.4, -0.2) is 27.8 Å². The van der Waals surface area contributed by atoms with Crippen LogP contribution in [0, 0.1) is 5.41 Å². The molecule has 4 fully saturated rings. The molecule has 2 aromatic carbocycles. The number of fused-ring (bicyclic) bond motifs is 4. The Hall–Kier alpha value is -2.45. The zero-order chi connectivity index (χ0) is 26.8. The monoisotopic (exact) mass is 582 g/mol. The fourth-order valence-electron chi connectivity index (χ4n) is 6.56. The second-order valence-electron chi connectivity index (χ2n) is 11.5. The number of benzene rings is 2. The van der Waals surface area contributed by atoms with Gasteiger partial charge >= 0.3 is 5.97 Å². The molecule has 0 radical (unpaired) electrons. The molecule has 9 heteroatoms. The lowest BCUT2D eigenvalue weighted by Crippen LogP contribution is -2.46. The van der Waals surface area contributed by atoms with Gasteiger partial charge in [0.2, 0.25) is 0 Å². The summed E-state index contributed by atoms with van der Waals surface area (Å²) in [5, 5.41) is 16.2. The fourth-order valence-corrected chi connectivity index (χ4v) is 8.48. The van der Waals surface area contributed by atoms with Crippen LogP contribution in [0.2, 0.25) is 10.0 Å². The van der Waals surface area contributed by atoms with Crippen LogP contribution in [0.4, 0.5) is 0 Å². The third-order valence-electron chi connectivity index (χ3n) is 9.12. The van der Waals surface area contributed by atoms with Gasteiger partial charge in [-0.15, -0.1) is 11.3 Å². The van der Waals surface area contributed by atoms with Gasteiger partial charge in [-0.05, 0) is 81.0 Å². The molecule has 4 saturated carbocycles. The first-order valence-electron chi connectivity index (χ1n) is 13.5. The minimum absolute atomic E-state index is 0.0445. The number of thiazole rings is 1. The van der Waals surface area contributed by atoms with Crippen molar-refractivity contribution in [2.75, 3.05) is 6.61 Å². The van der Waals surface area contributed by atoms with Gasteiger partial charge in [0.25, 0.3) is 0 Å². The van der Waals surface area contributed by atoms with Crippen LogP contribution in [-0.2, 0) is 16.8 Å².